The summed E-state index contributed by atoms with van der Waals surface area (Å²) in [5.41, 5.74) is 0. The van der Waals surface area contributed by atoms with Crippen molar-refractivity contribution in [3.8, 4) is 0 Å². The van der Waals surface area contributed by atoms with E-state index in [1.165, 1.54) is 96.3 Å². The van der Waals surface area contributed by atoms with E-state index in [1.54, 1.807) is 0 Å². The topological polar surface area (TPSA) is 32.8 Å². The Hall–Kier alpha value is -0.570. The maximum atomic E-state index is 13.0. The maximum absolute atomic E-state index is 13.0. The van der Waals surface area contributed by atoms with Gasteiger partial charge in [-0.15, -0.1) is 0 Å². The van der Waals surface area contributed by atoms with Crippen LogP contribution in [0.25, 0.3) is 0 Å². The predicted octanol–water partition coefficient (Wildman–Crippen LogP) is 7.52. The van der Waals surface area contributed by atoms with Crippen molar-refractivity contribution in [3.63, 3.8) is 0 Å². The lowest BCUT2D eigenvalue weighted by Crippen LogP contribution is -2.38. The van der Waals surface area contributed by atoms with Crippen molar-refractivity contribution >= 4 is 5.91 Å². The zero-order valence-electron chi connectivity index (χ0n) is 20.1. The van der Waals surface area contributed by atoms with E-state index in [9.17, 15) is 4.79 Å². The fourth-order valence-corrected chi connectivity index (χ4v) is 4.17. The molecule has 1 aliphatic heterocycles. The first-order valence-corrected chi connectivity index (χ1v) is 13.1. The Balaban J connectivity index is 2.13. The Kier molecular flexibility index (Phi) is 16.6. The highest BCUT2D eigenvalue weighted by atomic mass is 16.6. The number of amides is 1. The van der Waals surface area contributed by atoms with Crippen LogP contribution >= 0.6 is 0 Å². The van der Waals surface area contributed by atoms with E-state index in [1.807, 2.05) is 0 Å². The van der Waals surface area contributed by atoms with Gasteiger partial charge in [0.15, 0.2) is 0 Å². The van der Waals surface area contributed by atoms with Gasteiger partial charge in [0, 0.05) is 19.0 Å². The van der Waals surface area contributed by atoms with Gasteiger partial charge in [-0.05, 0) is 12.8 Å². The number of rotatable bonds is 21. The molecule has 0 aromatic carbocycles. The number of ether oxygens (including phenoxy) is 1. The summed E-state index contributed by atoms with van der Waals surface area (Å²) in [6.07, 6.45) is 22.6. The van der Waals surface area contributed by atoms with E-state index >= 15 is 0 Å². The molecule has 0 aromatic heterocycles. The van der Waals surface area contributed by atoms with Gasteiger partial charge in [-0.25, -0.2) is 0 Å². The minimum absolute atomic E-state index is 0.169. The Morgan fingerprint density at radius 3 is 1.72 bits per heavy atom. The largest absolute Gasteiger partial charge is 0.371 e. The van der Waals surface area contributed by atoms with Crippen molar-refractivity contribution in [2.75, 3.05) is 19.7 Å². The third-order valence-corrected chi connectivity index (χ3v) is 6.33. The number of nitrogens with zero attached hydrogens (tertiary/aromatic N) is 1. The first-order valence-electron chi connectivity index (χ1n) is 13.1. The standard InChI is InChI=1S/C26H51NO2/c1-4-6-8-10-12-14-16-18-20-24(3)26(28)27(22-25-23-29-25)21-19-17-15-13-11-9-7-5-2/h24-25H,4-23H2,1-3H3. The summed E-state index contributed by atoms with van der Waals surface area (Å²) in [7, 11) is 0. The highest BCUT2D eigenvalue weighted by molar-refractivity contribution is 5.78. The number of carbonyl (C=O) groups is 1. The SMILES string of the molecule is CCCCCCCCCCC(C)C(=O)N(CCCCCCCCCC)CC1CO1. The van der Waals surface area contributed by atoms with E-state index in [2.05, 4.69) is 25.7 Å². The molecule has 0 radical (unpaired) electrons. The molecule has 1 rings (SSSR count). The van der Waals surface area contributed by atoms with Crippen molar-refractivity contribution in [1.29, 1.82) is 0 Å². The molecular weight excluding hydrogens is 358 g/mol. The van der Waals surface area contributed by atoms with Gasteiger partial charge >= 0.3 is 0 Å². The van der Waals surface area contributed by atoms with Crippen molar-refractivity contribution in [3.05, 3.63) is 0 Å². The monoisotopic (exact) mass is 409 g/mol. The minimum atomic E-state index is 0.169. The molecule has 172 valence electrons. The molecule has 3 heteroatoms. The van der Waals surface area contributed by atoms with E-state index in [0.717, 1.165) is 32.5 Å². The lowest BCUT2D eigenvalue weighted by molar-refractivity contribution is -0.135. The van der Waals surface area contributed by atoms with Gasteiger partial charge in [0.2, 0.25) is 5.91 Å². The van der Waals surface area contributed by atoms with E-state index in [4.69, 9.17) is 4.74 Å². The van der Waals surface area contributed by atoms with Gasteiger partial charge in [-0.1, -0.05) is 117 Å². The van der Waals surface area contributed by atoms with Crippen LogP contribution in [0.15, 0.2) is 0 Å². The fourth-order valence-electron chi connectivity index (χ4n) is 4.17. The number of carbonyl (C=O) groups excluding carboxylic acids is 1. The van der Waals surface area contributed by atoms with Gasteiger partial charge in [0.25, 0.3) is 0 Å². The lowest BCUT2D eigenvalue weighted by atomic mass is 10.00. The van der Waals surface area contributed by atoms with E-state index < -0.39 is 0 Å². The molecule has 1 heterocycles. The molecule has 0 aliphatic carbocycles. The van der Waals surface area contributed by atoms with Crippen molar-refractivity contribution in [2.45, 2.75) is 136 Å². The third-order valence-electron chi connectivity index (χ3n) is 6.33. The van der Waals surface area contributed by atoms with Crippen LogP contribution < -0.4 is 0 Å². The molecule has 1 saturated heterocycles. The Bertz CT molecular complexity index is 381. The van der Waals surface area contributed by atoms with Crippen LogP contribution in [0.5, 0.6) is 0 Å². The quantitative estimate of drug-likeness (QED) is 0.145. The summed E-state index contributed by atoms with van der Waals surface area (Å²) in [4.78, 5) is 15.1. The Morgan fingerprint density at radius 2 is 1.24 bits per heavy atom. The number of hydrogen-bond donors (Lipinski definition) is 0. The van der Waals surface area contributed by atoms with Gasteiger partial charge in [0.05, 0.1) is 12.7 Å². The van der Waals surface area contributed by atoms with Crippen LogP contribution in [0.2, 0.25) is 0 Å². The van der Waals surface area contributed by atoms with Crippen LogP contribution in [-0.4, -0.2) is 36.6 Å². The molecule has 0 spiro atoms. The number of hydrogen-bond acceptors (Lipinski definition) is 2. The second-order valence-corrected chi connectivity index (χ2v) is 9.38. The van der Waals surface area contributed by atoms with Crippen LogP contribution in [0.1, 0.15) is 130 Å². The normalized spacial score (nSPS) is 16.7. The molecule has 3 nitrogen and oxygen atoms in total. The molecular formula is C26H51NO2. The van der Waals surface area contributed by atoms with Crippen LogP contribution in [0, 0.1) is 5.92 Å². The third kappa shape index (κ3) is 15.0. The smallest absolute Gasteiger partial charge is 0.225 e. The summed E-state index contributed by atoms with van der Waals surface area (Å²) in [5.74, 6) is 0.536. The molecule has 0 aromatic rings. The van der Waals surface area contributed by atoms with Crippen LogP contribution in [0.4, 0.5) is 0 Å². The molecule has 2 atom stereocenters. The second kappa shape index (κ2) is 18.2. The summed E-state index contributed by atoms with van der Waals surface area (Å²) in [6.45, 7) is 9.26. The van der Waals surface area contributed by atoms with Crippen molar-refractivity contribution < 1.29 is 9.53 Å². The zero-order valence-corrected chi connectivity index (χ0v) is 20.1. The van der Waals surface area contributed by atoms with Gasteiger partial charge in [-0.3, -0.25) is 4.79 Å². The average Bonchev–Trinajstić information content (AvgIpc) is 3.54. The molecule has 1 aliphatic rings. The first kappa shape index (κ1) is 26.5. The summed E-state index contributed by atoms with van der Waals surface area (Å²) >= 11 is 0. The molecule has 2 unspecified atom stereocenters. The molecule has 0 N–H and O–H groups in total. The first-order chi connectivity index (χ1) is 14.2. The maximum Gasteiger partial charge on any atom is 0.225 e. The molecule has 29 heavy (non-hydrogen) atoms. The summed E-state index contributed by atoms with van der Waals surface area (Å²) in [5, 5.41) is 0. The summed E-state index contributed by atoms with van der Waals surface area (Å²) < 4.78 is 5.41. The second-order valence-electron chi connectivity index (χ2n) is 9.38. The van der Waals surface area contributed by atoms with Crippen LogP contribution in [0.3, 0.4) is 0 Å². The van der Waals surface area contributed by atoms with E-state index in [-0.39, 0.29) is 5.92 Å². The van der Waals surface area contributed by atoms with Crippen LogP contribution in [-0.2, 0) is 9.53 Å². The highest BCUT2D eigenvalue weighted by Gasteiger charge is 2.29. The minimum Gasteiger partial charge on any atom is -0.371 e. The molecule has 1 fully saturated rings. The molecule has 0 saturated carbocycles. The van der Waals surface area contributed by atoms with Gasteiger partial charge < -0.3 is 9.64 Å². The van der Waals surface area contributed by atoms with Gasteiger partial charge in [0.1, 0.15) is 0 Å². The number of unbranched alkanes of at least 4 members (excludes halogenated alkanes) is 14. The van der Waals surface area contributed by atoms with Crippen molar-refractivity contribution in [2.24, 2.45) is 5.92 Å². The Labute approximate surface area is 182 Å². The average molecular weight is 410 g/mol. The Morgan fingerprint density at radius 1 is 0.793 bits per heavy atom. The fraction of sp³-hybridized carbons (Fsp3) is 0.962. The highest BCUT2D eigenvalue weighted by Crippen LogP contribution is 2.19. The van der Waals surface area contributed by atoms with Crippen molar-refractivity contribution in [1.82, 2.24) is 4.90 Å². The number of epoxide rings is 1. The van der Waals surface area contributed by atoms with Gasteiger partial charge in [-0.2, -0.15) is 0 Å². The predicted molar refractivity (Wildman–Crippen MR) is 125 cm³/mol. The summed E-state index contributed by atoms with van der Waals surface area (Å²) in [6, 6.07) is 0. The lowest BCUT2D eigenvalue weighted by Gasteiger charge is -2.25. The zero-order chi connectivity index (χ0) is 21.2. The molecule has 1 amide bonds. The van der Waals surface area contributed by atoms with E-state index in [0.29, 0.717) is 12.0 Å². The molecule has 0 bridgehead atoms.